The van der Waals surface area contributed by atoms with Crippen molar-refractivity contribution in [1.82, 2.24) is 14.8 Å². The van der Waals surface area contributed by atoms with Crippen molar-refractivity contribution in [2.45, 2.75) is 20.8 Å². The predicted octanol–water partition coefficient (Wildman–Crippen LogP) is 2.20. The smallest absolute Gasteiger partial charge is 0.230 e. The molecule has 0 radical (unpaired) electrons. The Morgan fingerprint density at radius 1 is 1.52 bits per heavy atom. The summed E-state index contributed by atoms with van der Waals surface area (Å²) in [7, 11) is 0. The van der Waals surface area contributed by atoms with Gasteiger partial charge in [0.2, 0.25) is 5.91 Å². The molecule has 21 heavy (non-hydrogen) atoms. The summed E-state index contributed by atoms with van der Waals surface area (Å²) in [5, 5.41) is 4.44. The lowest BCUT2D eigenvalue weighted by Gasteiger charge is -2.21. The highest BCUT2D eigenvalue weighted by molar-refractivity contribution is 5.95. The number of rotatable bonds is 4. The molecule has 0 saturated heterocycles. The average molecular weight is 282 g/mol. The maximum absolute atomic E-state index is 12.3. The van der Waals surface area contributed by atoms with Gasteiger partial charge < -0.3 is 0 Å². The molecule has 1 amide bonds. The fourth-order valence-corrected chi connectivity index (χ4v) is 2.02. The molecule has 5 nitrogen and oxygen atoms in total. The van der Waals surface area contributed by atoms with Gasteiger partial charge in [0.05, 0.1) is 36.0 Å². The van der Waals surface area contributed by atoms with Gasteiger partial charge in [-0.1, -0.05) is 19.8 Å². The monoisotopic (exact) mass is 282 g/mol. The van der Waals surface area contributed by atoms with Crippen LogP contribution in [0.25, 0.3) is 5.69 Å². The zero-order valence-corrected chi connectivity index (χ0v) is 12.4. The second kappa shape index (κ2) is 6.23. The first kappa shape index (κ1) is 14.8. The molecular formula is C16H18N4O. The number of carbonyl (C=O) groups excluding carboxylic acids is 1. The minimum absolute atomic E-state index is 0.0122. The first-order chi connectivity index (χ1) is 10.0. The molecule has 0 atom stereocenters. The van der Waals surface area contributed by atoms with Crippen molar-refractivity contribution in [2.75, 3.05) is 11.4 Å². The van der Waals surface area contributed by atoms with E-state index in [1.807, 2.05) is 39.1 Å². The molecule has 2 aromatic heterocycles. The van der Waals surface area contributed by atoms with E-state index in [1.165, 1.54) is 0 Å². The number of hydrogen-bond donors (Lipinski definition) is 0. The second-order valence-corrected chi connectivity index (χ2v) is 5.04. The van der Waals surface area contributed by atoms with Crippen LogP contribution in [0.1, 0.15) is 19.5 Å². The molecule has 2 aromatic rings. The highest BCUT2D eigenvalue weighted by Gasteiger charge is 2.22. The number of aryl methyl sites for hydroxylation is 1. The Morgan fingerprint density at radius 2 is 2.29 bits per heavy atom. The van der Waals surface area contributed by atoms with Crippen molar-refractivity contribution in [3.63, 3.8) is 0 Å². The van der Waals surface area contributed by atoms with E-state index in [4.69, 9.17) is 6.42 Å². The van der Waals surface area contributed by atoms with Crippen molar-refractivity contribution in [3.8, 4) is 18.0 Å². The summed E-state index contributed by atoms with van der Waals surface area (Å²) in [5.74, 6) is 2.40. The predicted molar refractivity (Wildman–Crippen MR) is 82.1 cm³/mol. The molecule has 0 N–H and O–H groups in total. The Bertz CT molecular complexity index is 667. The van der Waals surface area contributed by atoms with Crippen LogP contribution in [-0.4, -0.2) is 27.2 Å². The second-order valence-electron chi connectivity index (χ2n) is 5.04. The van der Waals surface area contributed by atoms with Gasteiger partial charge in [0.15, 0.2) is 0 Å². The first-order valence-corrected chi connectivity index (χ1v) is 6.76. The van der Waals surface area contributed by atoms with Gasteiger partial charge in [0, 0.05) is 12.1 Å². The van der Waals surface area contributed by atoms with Gasteiger partial charge in [-0.15, -0.1) is 6.42 Å². The molecular weight excluding hydrogens is 264 g/mol. The fraction of sp³-hybridized carbons (Fsp3) is 0.312. The van der Waals surface area contributed by atoms with Crippen LogP contribution in [0.3, 0.4) is 0 Å². The Morgan fingerprint density at radius 3 is 2.86 bits per heavy atom. The summed E-state index contributed by atoms with van der Waals surface area (Å²) in [5.41, 5.74) is 2.32. The summed E-state index contributed by atoms with van der Waals surface area (Å²) in [6.45, 7) is 5.80. The van der Waals surface area contributed by atoms with Gasteiger partial charge in [-0.3, -0.25) is 14.7 Å². The van der Waals surface area contributed by atoms with E-state index in [-0.39, 0.29) is 18.4 Å². The number of hydrogen-bond acceptors (Lipinski definition) is 3. The van der Waals surface area contributed by atoms with E-state index < -0.39 is 0 Å². The van der Waals surface area contributed by atoms with Gasteiger partial charge >= 0.3 is 0 Å². The summed E-state index contributed by atoms with van der Waals surface area (Å²) in [4.78, 5) is 18.0. The fourth-order valence-electron chi connectivity index (χ4n) is 2.02. The lowest BCUT2D eigenvalue weighted by molar-refractivity contribution is -0.121. The minimum atomic E-state index is -0.125. The molecule has 0 aromatic carbocycles. The minimum Gasteiger partial charge on any atom is -0.297 e. The molecule has 0 aliphatic rings. The van der Waals surface area contributed by atoms with E-state index in [9.17, 15) is 4.79 Å². The Labute approximate surface area is 124 Å². The third-order valence-electron chi connectivity index (χ3n) is 3.08. The molecule has 0 fully saturated rings. The van der Waals surface area contributed by atoms with Crippen molar-refractivity contribution < 1.29 is 4.79 Å². The molecule has 2 heterocycles. The molecule has 108 valence electrons. The number of amides is 1. The molecule has 5 heteroatoms. The highest BCUT2D eigenvalue weighted by Crippen LogP contribution is 2.22. The van der Waals surface area contributed by atoms with Crippen molar-refractivity contribution in [3.05, 3.63) is 36.4 Å². The SMILES string of the molecule is C#CCN(C(=O)C(C)C)c1cn(-c2cccnc2)nc1C. The summed E-state index contributed by atoms with van der Waals surface area (Å²) in [6.07, 6.45) is 10.6. The van der Waals surface area contributed by atoms with Crippen LogP contribution in [-0.2, 0) is 4.79 Å². The summed E-state index contributed by atoms with van der Waals surface area (Å²) in [6, 6.07) is 3.74. The largest absolute Gasteiger partial charge is 0.297 e. The standard InChI is InChI=1S/C16H18N4O/c1-5-9-19(16(21)12(2)3)15-11-20(18-13(15)4)14-7-6-8-17-10-14/h1,6-8,10-12H,9H2,2-4H3. The van der Waals surface area contributed by atoms with Crippen LogP contribution >= 0.6 is 0 Å². The summed E-state index contributed by atoms with van der Waals surface area (Å²) < 4.78 is 1.70. The van der Waals surface area contributed by atoms with E-state index in [0.29, 0.717) is 0 Å². The van der Waals surface area contributed by atoms with Crippen molar-refractivity contribution in [2.24, 2.45) is 5.92 Å². The number of terminal acetylenes is 1. The third-order valence-corrected chi connectivity index (χ3v) is 3.08. The van der Waals surface area contributed by atoms with Crippen LogP contribution in [0.4, 0.5) is 5.69 Å². The number of pyridine rings is 1. The maximum atomic E-state index is 12.3. The number of anilines is 1. The lowest BCUT2D eigenvalue weighted by Crippen LogP contribution is -2.34. The maximum Gasteiger partial charge on any atom is 0.230 e. The van der Waals surface area contributed by atoms with E-state index >= 15 is 0 Å². The van der Waals surface area contributed by atoms with Crippen LogP contribution in [0, 0.1) is 25.2 Å². The number of aromatic nitrogens is 3. The molecule has 0 bridgehead atoms. The van der Waals surface area contributed by atoms with Gasteiger partial charge in [-0.2, -0.15) is 5.10 Å². The van der Waals surface area contributed by atoms with Crippen molar-refractivity contribution in [1.29, 1.82) is 0 Å². The van der Waals surface area contributed by atoms with Gasteiger partial charge in [-0.25, -0.2) is 4.68 Å². The van der Waals surface area contributed by atoms with Crippen LogP contribution in [0.2, 0.25) is 0 Å². The molecule has 0 saturated carbocycles. The first-order valence-electron chi connectivity index (χ1n) is 6.76. The topological polar surface area (TPSA) is 51.0 Å². The quantitative estimate of drug-likeness (QED) is 0.808. The summed E-state index contributed by atoms with van der Waals surface area (Å²) >= 11 is 0. The van der Waals surface area contributed by atoms with Crippen LogP contribution < -0.4 is 4.90 Å². The van der Waals surface area contributed by atoms with Crippen LogP contribution in [0.15, 0.2) is 30.7 Å². The van der Waals surface area contributed by atoms with Crippen LogP contribution in [0.5, 0.6) is 0 Å². The van der Waals surface area contributed by atoms with E-state index in [1.54, 1.807) is 22.0 Å². The normalized spacial score (nSPS) is 10.4. The number of nitrogens with zero attached hydrogens (tertiary/aromatic N) is 4. The average Bonchev–Trinajstić information content (AvgIpc) is 2.86. The molecule has 0 spiro atoms. The van der Waals surface area contributed by atoms with E-state index in [2.05, 4.69) is 16.0 Å². The van der Waals surface area contributed by atoms with Gasteiger partial charge in [0.1, 0.15) is 0 Å². The Balaban J connectivity index is 2.41. The molecule has 0 aliphatic heterocycles. The highest BCUT2D eigenvalue weighted by atomic mass is 16.2. The Hall–Kier alpha value is -2.61. The van der Waals surface area contributed by atoms with Gasteiger partial charge in [-0.05, 0) is 19.1 Å². The van der Waals surface area contributed by atoms with E-state index in [0.717, 1.165) is 17.1 Å². The molecule has 0 aliphatic carbocycles. The third kappa shape index (κ3) is 3.11. The zero-order chi connectivity index (χ0) is 15.4. The zero-order valence-electron chi connectivity index (χ0n) is 12.4. The molecule has 0 unspecified atom stereocenters. The Kier molecular flexibility index (Phi) is 4.39. The van der Waals surface area contributed by atoms with Gasteiger partial charge in [0.25, 0.3) is 0 Å². The lowest BCUT2D eigenvalue weighted by atomic mass is 10.1. The van der Waals surface area contributed by atoms with Crippen molar-refractivity contribution >= 4 is 11.6 Å². The molecule has 2 rings (SSSR count). The number of carbonyl (C=O) groups is 1.